The Kier molecular flexibility index (Phi) is 5.26. The third-order valence-corrected chi connectivity index (χ3v) is 4.63. The number of hydrogen-bond donors (Lipinski definition) is 1. The van der Waals surface area contributed by atoms with Crippen molar-refractivity contribution >= 4 is 22.7 Å². The SMILES string of the molecule is COc1cc(OC)c(C(=O)Nc2ccc(-c3nc4ccccc4o3)cc2)cc1OC. The minimum Gasteiger partial charge on any atom is -0.496 e. The lowest BCUT2D eigenvalue weighted by atomic mass is 10.1. The minimum absolute atomic E-state index is 0.331. The summed E-state index contributed by atoms with van der Waals surface area (Å²) in [5.41, 5.74) is 3.29. The maximum absolute atomic E-state index is 12.8. The molecule has 152 valence electrons. The zero-order valence-corrected chi connectivity index (χ0v) is 16.8. The zero-order chi connectivity index (χ0) is 21.1. The van der Waals surface area contributed by atoms with E-state index in [0.29, 0.717) is 34.4 Å². The highest BCUT2D eigenvalue weighted by Gasteiger charge is 2.18. The molecule has 4 rings (SSSR count). The van der Waals surface area contributed by atoms with Gasteiger partial charge in [0.2, 0.25) is 5.89 Å². The number of methoxy groups -OCH3 is 3. The Balaban J connectivity index is 1.56. The molecule has 7 heteroatoms. The number of fused-ring (bicyclic) bond motifs is 1. The maximum Gasteiger partial charge on any atom is 0.259 e. The first-order valence-electron chi connectivity index (χ1n) is 9.20. The molecule has 30 heavy (non-hydrogen) atoms. The van der Waals surface area contributed by atoms with E-state index in [0.717, 1.165) is 16.7 Å². The van der Waals surface area contributed by atoms with E-state index in [2.05, 4.69) is 10.3 Å². The van der Waals surface area contributed by atoms with Crippen LogP contribution in [0.25, 0.3) is 22.6 Å². The number of benzene rings is 3. The van der Waals surface area contributed by atoms with E-state index < -0.39 is 0 Å². The third kappa shape index (κ3) is 3.65. The number of aromatic nitrogens is 1. The average molecular weight is 404 g/mol. The van der Waals surface area contributed by atoms with Crippen LogP contribution >= 0.6 is 0 Å². The summed E-state index contributed by atoms with van der Waals surface area (Å²) in [7, 11) is 4.53. The van der Waals surface area contributed by atoms with Gasteiger partial charge in [0.1, 0.15) is 11.3 Å². The molecule has 0 saturated heterocycles. The smallest absolute Gasteiger partial charge is 0.259 e. The molecule has 0 fully saturated rings. The van der Waals surface area contributed by atoms with E-state index in [4.69, 9.17) is 18.6 Å². The number of carbonyl (C=O) groups is 1. The van der Waals surface area contributed by atoms with Gasteiger partial charge in [-0.15, -0.1) is 0 Å². The molecule has 0 saturated carbocycles. The van der Waals surface area contributed by atoms with Crippen LogP contribution < -0.4 is 19.5 Å². The van der Waals surface area contributed by atoms with Gasteiger partial charge in [0.05, 0.1) is 26.9 Å². The van der Waals surface area contributed by atoms with E-state index in [-0.39, 0.29) is 5.91 Å². The first-order chi connectivity index (χ1) is 14.6. The molecule has 3 aromatic carbocycles. The summed E-state index contributed by atoms with van der Waals surface area (Å²) < 4.78 is 21.7. The topological polar surface area (TPSA) is 82.8 Å². The van der Waals surface area contributed by atoms with Crippen molar-refractivity contribution in [2.24, 2.45) is 0 Å². The van der Waals surface area contributed by atoms with Crippen LogP contribution in [0.1, 0.15) is 10.4 Å². The highest BCUT2D eigenvalue weighted by molar-refractivity contribution is 6.06. The molecule has 0 aliphatic rings. The molecule has 1 N–H and O–H groups in total. The van der Waals surface area contributed by atoms with Crippen molar-refractivity contribution in [3.8, 4) is 28.7 Å². The van der Waals surface area contributed by atoms with Gasteiger partial charge in [0, 0.05) is 23.4 Å². The van der Waals surface area contributed by atoms with E-state index in [1.54, 1.807) is 24.3 Å². The van der Waals surface area contributed by atoms with Gasteiger partial charge in [-0.2, -0.15) is 0 Å². The van der Waals surface area contributed by atoms with Gasteiger partial charge >= 0.3 is 0 Å². The second kappa shape index (κ2) is 8.16. The van der Waals surface area contributed by atoms with Crippen LogP contribution in [0.4, 0.5) is 5.69 Å². The number of anilines is 1. The number of oxazole rings is 1. The second-order valence-corrected chi connectivity index (χ2v) is 6.43. The molecule has 0 aliphatic carbocycles. The van der Waals surface area contributed by atoms with Crippen LogP contribution in [0.15, 0.2) is 65.1 Å². The predicted molar refractivity (Wildman–Crippen MR) is 113 cm³/mol. The molecule has 0 spiro atoms. The van der Waals surface area contributed by atoms with Gasteiger partial charge in [0.15, 0.2) is 17.1 Å². The van der Waals surface area contributed by atoms with Gasteiger partial charge in [-0.1, -0.05) is 12.1 Å². The van der Waals surface area contributed by atoms with E-state index in [1.165, 1.54) is 21.3 Å². The summed E-state index contributed by atoms with van der Waals surface area (Å²) in [4.78, 5) is 17.3. The van der Waals surface area contributed by atoms with Crippen molar-refractivity contribution < 1.29 is 23.4 Å². The summed E-state index contributed by atoms with van der Waals surface area (Å²) in [6.07, 6.45) is 0. The molecule has 1 amide bonds. The normalized spacial score (nSPS) is 10.6. The average Bonchev–Trinajstić information content (AvgIpc) is 3.22. The summed E-state index contributed by atoms with van der Waals surface area (Å²) >= 11 is 0. The number of rotatable bonds is 6. The first kappa shape index (κ1) is 19.3. The van der Waals surface area contributed by atoms with Crippen molar-refractivity contribution in [1.29, 1.82) is 0 Å². The molecule has 1 aromatic heterocycles. The summed E-state index contributed by atoms with van der Waals surface area (Å²) in [6, 6.07) is 18.0. The van der Waals surface area contributed by atoms with Crippen LogP contribution in [0.5, 0.6) is 17.2 Å². The third-order valence-electron chi connectivity index (χ3n) is 4.63. The Morgan fingerprint density at radius 2 is 1.53 bits per heavy atom. The molecule has 7 nitrogen and oxygen atoms in total. The molecular weight excluding hydrogens is 384 g/mol. The van der Waals surface area contributed by atoms with Crippen molar-refractivity contribution in [1.82, 2.24) is 4.98 Å². The zero-order valence-electron chi connectivity index (χ0n) is 16.8. The molecular formula is C23H20N2O5. The monoisotopic (exact) mass is 404 g/mol. The highest BCUT2D eigenvalue weighted by atomic mass is 16.5. The van der Waals surface area contributed by atoms with Crippen molar-refractivity contribution in [3.63, 3.8) is 0 Å². The van der Waals surface area contributed by atoms with Crippen LogP contribution in [-0.2, 0) is 0 Å². The van der Waals surface area contributed by atoms with Crippen molar-refractivity contribution in [3.05, 3.63) is 66.2 Å². The van der Waals surface area contributed by atoms with E-state index in [9.17, 15) is 4.79 Å². The number of nitrogens with one attached hydrogen (secondary N) is 1. The standard InChI is InChI=1S/C23H20N2O5/c1-27-19-13-21(29-3)20(28-2)12-16(19)22(26)24-15-10-8-14(9-11-15)23-25-17-6-4-5-7-18(17)30-23/h4-13H,1-3H3,(H,24,26). The molecule has 0 radical (unpaired) electrons. The molecule has 0 unspecified atom stereocenters. The van der Waals surface area contributed by atoms with Crippen LogP contribution in [0.3, 0.4) is 0 Å². The maximum atomic E-state index is 12.8. The number of hydrogen-bond acceptors (Lipinski definition) is 6. The Hall–Kier alpha value is -4.00. The van der Waals surface area contributed by atoms with Crippen molar-refractivity contribution in [2.45, 2.75) is 0 Å². The lowest BCUT2D eigenvalue weighted by Gasteiger charge is -2.14. The summed E-state index contributed by atoms with van der Waals surface area (Å²) in [5, 5.41) is 2.86. The Bertz CT molecular complexity index is 1170. The molecule has 4 aromatic rings. The molecule has 1 heterocycles. The predicted octanol–water partition coefficient (Wildman–Crippen LogP) is 4.77. The molecule has 0 aliphatic heterocycles. The fourth-order valence-corrected chi connectivity index (χ4v) is 3.10. The fourth-order valence-electron chi connectivity index (χ4n) is 3.10. The van der Waals surface area contributed by atoms with Gasteiger partial charge in [-0.25, -0.2) is 4.98 Å². The number of amides is 1. The van der Waals surface area contributed by atoms with Crippen LogP contribution in [-0.4, -0.2) is 32.2 Å². The Morgan fingerprint density at radius 1 is 0.867 bits per heavy atom. The van der Waals surface area contributed by atoms with Crippen molar-refractivity contribution in [2.75, 3.05) is 26.6 Å². The van der Waals surface area contributed by atoms with Gasteiger partial charge in [-0.3, -0.25) is 4.79 Å². The second-order valence-electron chi connectivity index (χ2n) is 6.43. The Morgan fingerprint density at radius 3 is 2.20 bits per heavy atom. The van der Waals surface area contributed by atoms with Gasteiger partial charge < -0.3 is 23.9 Å². The lowest BCUT2D eigenvalue weighted by molar-refractivity contribution is 0.102. The number of nitrogens with zero attached hydrogens (tertiary/aromatic N) is 1. The largest absolute Gasteiger partial charge is 0.496 e. The molecule has 0 atom stereocenters. The lowest BCUT2D eigenvalue weighted by Crippen LogP contribution is -2.13. The summed E-state index contributed by atoms with van der Waals surface area (Å²) in [5.74, 6) is 1.50. The fraction of sp³-hybridized carbons (Fsp3) is 0.130. The summed E-state index contributed by atoms with van der Waals surface area (Å²) in [6.45, 7) is 0. The van der Waals surface area contributed by atoms with E-state index in [1.807, 2.05) is 36.4 Å². The first-order valence-corrected chi connectivity index (χ1v) is 9.20. The van der Waals surface area contributed by atoms with Gasteiger partial charge in [-0.05, 0) is 36.4 Å². The minimum atomic E-state index is -0.331. The number of para-hydroxylation sites is 2. The van der Waals surface area contributed by atoms with Crippen LogP contribution in [0.2, 0.25) is 0 Å². The Labute approximate surface area is 173 Å². The van der Waals surface area contributed by atoms with E-state index >= 15 is 0 Å². The van der Waals surface area contributed by atoms with Crippen LogP contribution in [0, 0.1) is 0 Å². The van der Waals surface area contributed by atoms with Gasteiger partial charge in [0.25, 0.3) is 5.91 Å². The number of ether oxygens (including phenoxy) is 3. The quantitative estimate of drug-likeness (QED) is 0.498. The highest BCUT2D eigenvalue weighted by Crippen LogP contribution is 2.35. The molecule has 0 bridgehead atoms. The number of carbonyl (C=O) groups excluding carboxylic acids is 1.